The summed E-state index contributed by atoms with van der Waals surface area (Å²) in [5, 5.41) is 22.5. The molecule has 0 bridgehead atoms. The van der Waals surface area contributed by atoms with Crippen molar-refractivity contribution in [2.24, 2.45) is 0 Å². The molecule has 0 radical (unpaired) electrons. The first-order chi connectivity index (χ1) is 35.9. The van der Waals surface area contributed by atoms with Gasteiger partial charge in [-0.1, -0.05) is 319 Å². The molecule has 0 aliphatic heterocycles. The van der Waals surface area contributed by atoms with Crippen LogP contribution in [0.25, 0.3) is 24.3 Å². The summed E-state index contributed by atoms with van der Waals surface area (Å²) in [6.07, 6.45) is 64.3. The summed E-state index contributed by atoms with van der Waals surface area (Å²) < 4.78 is 0. The largest absolute Gasteiger partial charge is 0.372 e. The maximum atomic E-state index is 11.4. The van der Waals surface area contributed by atoms with Crippen LogP contribution in [0.2, 0.25) is 0 Å². The molecule has 0 heterocycles. The first-order valence-corrected chi connectivity index (χ1v) is 30.6. The molecule has 0 fully saturated rings. The highest BCUT2D eigenvalue weighted by molar-refractivity contribution is 5.74. The predicted octanol–water partition coefficient (Wildman–Crippen LogP) is 22.3. The number of rotatable bonds is 49. The second-order valence-electron chi connectivity index (χ2n) is 21.6. The SMILES string of the molecule is CCCCCCCCCCCCCCCCCCCCCCN(CCCCCCCCCCCCCCCCCCCCCC)c1ccc(C=Cc2ccc(C=Cc3ccc([N+](=O)[O-])c([N+](=O)[O-])c3)cc2)cc1. The maximum Gasteiger partial charge on any atom is 0.346 e. The average Bonchev–Trinajstić information content (AvgIpc) is 3.40. The van der Waals surface area contributed by atoms with Gasteiger partial charge in [-0.3, -0.25) is 20.2 Å². The van der Waals surface area contributed by atoms with Crippen molar-refractivity contribution in [3.8, 4) is 0 Å². The molecule has 0 N–H and O–H groups in total. The number of nitro groups is 2. The zero-order chi connectivity index (χ0) is 52.1. The highest BCUT2D eigenvalue weighted by Crippen LogP contribution is 2.29. The molecular formula is C66H105N3O4. The molecule has 7 nitrogen and oxygen atoms in total. The zero-order valence-electron chi connectivity index (χ0n) is 46.8. The van der Waals surface area contributed by atoms with Gasteiger partial charge < -0.3 is 4.90 Å². The van der Waals surface area contributed by atoms with Gasteiger partial charge in [-0.15, -0.1) is 0 Å². The van der Waals surface area contributed by atoms with E-state index in [1.54, 1.807) is 6.08 Å². The molecule has 0 aliphatic carbocycles. The lowest BCUT2D eigenvalue weighted by molar-refractivity contribution is -0.422. The van der Waals surface area contributed by atoms with E-state index in [1.165, 1.54) is 286 Å². The lowest BCUT2D eigenvalue weighted by Crippen LogP contribution is -2.25. The van der Waals surface area contributed by atoms with Crippen molar-refractivity contribution in [2.75, 3.05) is 18.0 Å². The summed E-state index contributed by atoms with van der Waals surface area (Å²) in [5.41, 5.74) is 4.03. The average molecular weight is 1000 g/mol. The van der Waals surface area contributed by atoms with Crippen LogP contribution >= 0.6 is 0 Å². The van der Waals surface area contributed by atoms with Gasteiger partial charge in [-0.25, -0.2) is 0 Å². The minimum Gasteiger partial charge on any atom is -0.372 e. The summed E-state index contributed by atoms with van der Waals surface area (Å²) in [4.78, 5) is 23.8. The Kier molecular flexibility index (Phi) is 38.1. The Bertz CT molecular complexity index is 1810. The van der Waals surface area contributed by atoms with Crippen molar-refractivity contribution < 1.29 is 9.85 Å². The maximum absolute atomic E-state index is 11.4. The third-order valence-electron chi connectivity index (χ3n) is 15.1. The van der Waals surface area contributed by atoms with Gasteiger partial charge in [0.05, 0.1) is 9.85 Å². The molecule has 0 saturated heterocycles. The zero-order valence-corrected chi connectivity index (χ0v) is 46.8. The van der Waals surface area contributed by atoms with E-state index in [-0.39, 0.29) is 0 Å². The fourth-order valence-electron chi connectivity index (χ4n) is 10.3. The Balaban J connectivity index is 1.35. The summed E-state index contributed by atoms with van der Waals surface area (Å²) in [6.45, 7) is 6.87. The van der Waals surface area contributed by atoms with Crippen LogP contribution in [0.4, 0.5) is 17.1 Å². The molecule has 0 aromatic heterocycles. The lowest BCUT2D eigenvalue weighted by Gasteiger charge is -2.25. The third kappa shape index (κ3) is 32.6. The molecular weight excluding hydrogens is 899 g/mol. The van der Waals surface area contributed by atoms with Crippen molar-refractivity contribution in [1.29, 1.82) is 0 Å². The van der Waals surface area contributed by atoms with Crippen LogP contribution in [0.5, 0.6) is 0 Å². The molecule has 0 unspecified atom stereocenters. The van der Waals surface area contributed by atoms with E-state index in [9.17, 15) is 20.2 Å². The molecule has 0 atom stereocenters. The Hall–Kier alpha value is -4.26. The summed E-state index contributed by atoms with van der Waals surface area (Å²) in [6, 6.07) is 21.1. The van der Waals surface area contributed by atoms with Crippen molar-refractivity contribution >= 4 is 41.4 Å². The smallest absolute Gasteiger partial charge is 0.346 e. The number of benzene rings is 3. The second-order valence-corrected chi connectivity index (χ2v) is 21.6. The van der Waals surface area contributed by atoms with Crippen molar-refractivity contribution in [2.45, 2.75) is 271 Å². The van der Waals surface area contributed by atoms with Crippen molar-refractivity contribution in [1.82, 2.24) is 0 Å². The Morgan fingerprint density at radius 3 is 0.822 bits per heavy atom. The van der Waals surface area contributed by atoms with E-state index in [1.807, 2.05) is 30.3 Å². The van der Waals surface area contributed by atoms with Crippen LogP contribution in [-0.4, -0.2) is 22.9 Å². The monoisotopic (exact) mass is 1000 g/mol. The number of nitrogens with zero attached hydrogens (tertiary/aromatic N) is 3. The van der Waals surface area contributed by atoms with E-state index in [4.69, 9.17) is 0 Å². The quantitative estimate of drug-likeness (QED) is 0.0243. The first-order valence-electron chi connectivity index (χ1n) is 30.6. The molecule has 3 aromatic carbocycles. The van der Waals surface area contributed by atoms with Crippen LogP contribution in [0, 0.1) is 20.2 Å². The minimum absolute atomic E-state index is 0.507. The topological polar surface area (TPSA) is 89.5 Å². The van der Waals surface area contributed by atoms with E-state index in [2.05, 4.69) is 55.2 Å². The summed E-state index contributed by atoms with van der Waals surface area (Å²) >= 11 is 0. The first kappa shape index (κ1) is 63.0. The van der Waals surface area contributed by atoms with Gasteiger partial charge in [0.25, 0.3) is 0 Å². The molecule has 73 heavy (non-hydrogen) atoms. The van der Waals surface area contributed by atoms with Crippen LogP contribution in [0.1, 0.15) is 293 Å². The number of unbranched alkanes of at least 4 members (excludes halogenated alkanes) is 38. The van der Waals surface area contributed by atoms with Gasteiger partial charge in [-0.2, -0.15) is 0 Å². The van der Waals surface area contributed by atoms with E-state index in [0.29, 0.717) is 5.56 Å². The Labute approximate surface area is 447 Å². The highest BCUT2D eigenvalue weighted by atomic mass is 16.6. The predicted molar refractivity (Wildman–Crippen MR) is 319 cm³/mol. The van der Waals surface area contributed by atoms with Gasteiger partial charge in [0.2, 0.25) is 0 Å². The van der Waals surface area contributed by atoms with E-state index < -0.39 is 21.2 Å². The van der Waals surface area contributed by atoms with Crippen molar-refractivity contribution in [3.63, 3.8) is 0 Å². The molecule has 0 spiro atoms. The molecule has 0 amide bonds. The highest BCUT2D eigenvalue weighted by Gasteiger charge is 2.23. The molecule has 0 aliphatic rings. The number of nitro benzene ring substituents is 2. The molecule has 408 valence electrons. The van der Waals surface area contributed by atoms with Gasteiger partial charge >= 0.3 is 11.4 Å². The fraction of sp³-hybridized carbons (Fsp3) is 0.667. The van der Waals surface area contributed by atoms with Crippen LogP contribution in [0.15, 0.2) is 66.7 Å². The van der Waals surface area contributed by atoms with Crippen LogP contribution in [0.3, 0.4) is 0 Å². The van der Waals surface area contributed by atoms with Crippen LogP contribution in [-0.2, 0) is 0 Å². The molecule has 0 saturated carbocycles. The third-order valence-corrected chi connectivity index (χ3v) is 15.1. The van der Waals surface area contributed by atoms with E-state index in [0.717, 1.165) is 24.2 Å². The normalized spacial score (nSPS) is 11.6. The fourth-order valence-corrected chi connectivity index (χ4v) is 10.3. The second kappa shape index (κ2) is 44.1. The Morgan fingerprint density at radius 2 is 0.548 bits per heavy atom. The van der Waals surface area contributed by atoms with Gasteiger partial charge in [0.1, 0.15) is 0 Å². The lowest BCUT2D eigenvalue weighted by atomic mass is 10.0. The van der Waals surface area contributed by atoms with Gasteiger partial charge in [0.15, 0.2) is 0 Å². The number of hydrogen-bond donors (Lipinski definition) is 0. The Morgan fingerprint density at radius 1 is 0.315 bits per heavy atom. The van der Waals surface area contributed by atoms with Crippen LogP contribution < -0.4 is 4.90 Å². The number of anilines is 1. The standard InChI is InChI=1S/C66H105N3O4/c1-3-5-7-9-11-13-15-17-19-21-23-25-27-29-31-33-35-37-39-41-57-67(58-42-40-38-36-34-32-30-28-26-24-22-20-18-16-14-12-10-8-6-4-2)64-54-51-62(52-55-64)48-47-60-43-45-61(46-44-60)49-50-63-53-56-65(68(70)71)66(59-63)69(72)73/h43-56,59H,3-42,57-58H2,1-2H3. The molecule has 3 rings (SSSR count). The summed E-state index contributed by atoms with van der Waals surface area (Å²) in [7, 11) is 0. The van der Waals surface area contributed by atoms with Crippen molar-refractivity contribution in [3.05, 3.63) is 109 Å². The summed E-state index contributed by atoms with van der Waals surface area (Å²) in [5.74, 6) is 0. The van der Waals surface area contributed by atoms with Gasteiger partial charge in [0, 0.05) is 30.9 Å². The minimum atomic E-state index is -0.727. The van der Waals surface area contributed by atoms with E-state index >= 15 is 0 Å². The molecule has 3 aromatic rings. The number of hydrogen-bond acceptors (Lipinski definition) is 5. The molecule has 7 heteroatoms. The van der Waals surface area contributed by atoms with Gasteiger partial charge in [-0.05, 0) is 53.3 Å².